The summed E-state index contributed by atoms with van der Waals surface area (Å²) < 4.78 is 5.45. The molecule has 1 amide bonds. The SMILES string of the molecule is C[C@@H](NC(=O)CN1CCCC[C@H]1CN1CCOCC1)c1ccccc1. The van der Waals surface area contributed by atoms with Gasteiger partial charge in [0.2, 0.25) is 5.91 Å². The van der Waals surface area contributed by atoms with E-state index in [-0.39, 0.29) is 11.9 Å². The third-order valence-corrected chi connectivity index (χ3v) is 5.35. The van der Waals surface area contributed by atoms with Crippen LogP contribution in [0.15, 0.2) is 30.3 Å². The summed E-state index contributed by atoms with van der Waals surface area (Å²) in [7, 11) is 0. The van der Waals surface area contributed by atoms with Gasteiger partial charge in [0, 0.05) is 25.7 Å². The number of hydrogen-bond donors (Lipinski definition) is 1. The minimum atomic E-state index is 0.0520. The van der Waals surface area contributed by atoms with E-state index >= 15 is 0 Å². The van der Waals surface area contributed by atoms with Gasteiger partial charge in [-0.2, -0.15) is 0 Å². The van der Waals surface area contributed by atoms with Gasteiger partial charge in [-0.15, -0.1) is 0 Å². The van der Waals surface area contributed by atoms with E-state index in [1.165, 1.54) is 19.3 Å². The second-order valence-corrected chi connectivity index (χ2v) is 7.23. The first-order valence-corrected chi connectivity index (χ1v) is 9.61. The second-order valence-electron chi connectivity index (χ2n) is 7.23. The van der Waals surface area contributed by atoms with Crippen molar-refractivity contribution in [1.82, 2.24) is 15.1 Å². The Morgan fingerprint density at radius 1 is 1.20 bits per heavy atom. The number of morpholine rings is 1. The minimum Gasteiger partial charge on any atom is -0.379 e. The van der Waals surface area contributed by atoms with Crippen molar-refractivity contribution in [3.8, 4) is 0 Å². The molecule has 0 aliphatic carbocycles. The summed E-state index contributed by atoms with van der Waals surface area (Å²) >= 11 is 0. The lowest BCUT2D eigenvalue weighted by Gasteiger charge is -2.39. The van der Waals surface area contributed by atoms with Gasteiger partial charge in [-0.3, -0.25) is 14.6 Å². The number of rotatable bonds is 6. The Balaban J connectivity index is 1.51. The van der Waals surface area contributed by atoms with E-state index in [4.69, 9.17) is 4.74 Å². The molecule has 1 aromatic carbocycles. The Labute approximate surface area is 151 Å². The van der Waals surface area contributed by atoms with Crippen LogP contribution in [0.2, 0.25) is 0 Å². The molecule has 2 heterocycles. The zero-order valence-electron chi connectivity index (χ0n) is 15.3. The number of nitrogens with zero attached hydrogens (tertiary/aromatic N) is 2. The lowest BCUT2D eigenvalue weighted by Crippen LogP contribution is -2.52. The number of ether oxygens (including phenoxy) is 1. The van der Waals surface area contributed by atoms with Gasteiger partial charge in [0.15, 0.2) is 0 Å². The number of amides is 1. The molecule has 1 N–H and O–H groups in total. The van der Waals surface area contributed by atoms with Gasteiger partial charge in [-0.05, 0) is 31.9 Å². The monoisotopic (exact) mass is 345 g/mol. The number of likely N-dealkylation sites (tertiary alicyclic amines) is 1. The maximum absolute atomic E-state index is 12.5. The fraction of sp³-hybridized carbons (Fsp3) is 0.650. The standard InChI is InChI=1S/C20H31N3O2/c1-17(18-7-3-2-4-8-18)21-20(24)16-23-10-6-5-9-19(23)15-22-11-13-25-14-12-22/h2-4,7-8,17,19H,5-6,9-16H2,1H3,(H,21,24)/t17-,19+/m1/s1. The molecule has 5 heteroatoms. The second kappa shape index (κ2) is 9.32. The van der Waals surface area contributed by atoms with Crippen molar-refractivity contribution in [2.45, 2.75) is 38.3 Å². The summed E-state index contributed by atoms with van der Waals surface area (Å²) in [5, 5.41) is 3.15. The van der Waals surface area contributed by atoms with E-state index in [2.05, 4.69) is 34.2 Å². The van der Waals surface area contributed by atoms with Gasteiger partial charge < -0.3 is 10.1 Å². The number of piperidine rings is 1. The molecule has 0 unspecified atom stereocenters. The van der Waals surface area contributed by atoms with Gasteiger partial charge in [-0.25, -0.2) is 0 Å². The molecule has 0 spiro atoms. The van der Waals surface area contributed by atoms with E-state index < -0.39 is 0 Å². The zero-order valence-corrected chi connectivity index (χ0v) is 15.3. The summed E-state index contributed by atoms with van der Waals surface area (Å²) in [4.78, 5) is 17.4. The summed E-state index contributed by atoms with van der Waals surface area (Å²) in [6.07, 6.45) is 3.66. The van der Waals surface area contributed by atoms with Gasteiger partial charge >= 0.3 is 0 Å². The quantitative estimate of drug-likeness (QED) is 0.857. The molecule has 2 aliphatic rings. The molecule has 0 bridgehead atoms. The van der Waals surface area contributed by atoms with Crippen LogP contribution >= 0.6 is 0 Å². The highest BCUT2D eigenvalue weighted by Gasteiger charge is 2.27. The van der Waals surface area contributed by atoms with Crippen molar-refractivity contribution in [2.24, 2.45) is 0 Å². The Hall–Kier alpha value is -1.43. The number of hydrogen-bond acceptors (Lipinski definition) is 4. The van der Waals surface area contributed by atoms with Crippen LogP contribution in [0, 0.1) is 0 Å². The highest BCUT2D eigenvalue weighted by atomic mass is 16.5. The van der Waals surface area contributed by atoms with Crippen LogP contribution in [0.1, 0.15) is 37.8 Å². The van der Waals surface area contributed by atoms with Crippen LogP contribution in [-0.4, -0.2) is 67.7 Å². The topological polar surface area (TPSA) is 44.8 Å². The number of nitrogens with one attached hydrogen (secondary N) is 1. The first kappa shape index (κ1) is 18.4. The molecular formula is C20H31N3O2. The third kappa shape index (κ3) is 5.53. The molecule has 138 valence electrons. The summed E-state index contributed by atoms with van der Waals surface area (Å²) in [6, 6.07) is 10.7. The van der Waals surface area contributed by atoms with E-state index in [1.807, 2.05) is 18.2 Å². The Kier molecular flexibility index (Phi) is 6.84. The fourth-order valence-corrected chi connectivity index (χ4v) is 3.85. The van der Waals surface area contributed by atoms with Crippen molar-refractivity contribution in [1.29, 1.82) is 0 Å². The van der Waals surface area contributed by atoms with E-state index in [0.717, 1.165) is 45.0 Å². The van der Waals surface area contributed by atoms with Crippen LogP contribution in [-0.2, 0) is 9.53 Å². The van der Waals surface area contributed by atoms with Gasteiger partial charge in [0.25, 0.3) is 0 Å². The van der Waals surface area contributed by atoms with E-state index in [0.29, 0.717) is 12.6 Å². The van der Waals surface area contributed by atoms with Crippen molar-refractivity contribution in [3.05, 3.63) is 35.9 Å². The molecule has 3 rings (SSSR count). The normalized spacial score (nSPS) is 24.0. The van der Waals surface area contributed by atoms with E-state index in [9.17, 15) is 4.79 Å². The van der Waals surface area contributed by atoms with Gasteiger partial charge in [-0.1, -0.05) is 36.8 Å². The molecule has 2 atom stereocenters. The van der Waals surface area contributed by atoms with Crippen molar-refractivity contribution in [3.63, 3.8) is 0 Å². The van der Waals surface area contributed by atoms with Gasteiger partial charge in [0.05, 0.1) is 25.8 Å². The average molecular weight is 345 g/mol. The molecule has 2 saturated heterocycles. The molecular weight excluding hydrogens is 314 g/mol. The molecule has 0 radical (unpaired) electrons. The van der Waals surface area contributed by atoms with Crippen molar-refractivity contribution >= 4 is 5.91 Å². The largest absolute Gasteiger partial charge is 0.379 e. The average Bonchev–Trinajstić information content (AvgIpc) is 2.65. The predicted octanol–water partition coefficient (Wildman–Crippen LogP) is 2.05. The van der Waals surface area contributed by atoms with Gasteiger partial charge in [0.1, 0.15) is 0 Å². The summed E-state index contributed by atoms with van der Waals surface area (Å²) in [5.41, 5.74) is 1.15. The fourth-order valence-electron chi connectivity index (χ4n) is 3.85. The first-order chi connectivity index (χ1) is 12.2. The molecule has 2 aliphatic heterocycles. The highest BCUT2D eigenvalue weighted by molar-refractivity contribution is 5.78. The molecule has 1 aromatic rings. The number of benzene rings is 1. The van der Waals surface area contributed by atoms with Crippen LogP contribution in [0.5, 0.6) is 0 Å². The summed E-state index contributed by atoms with van der Waals surface area (Å²) in [5.74, 6) is 0.130. The molecule has 0 aromatic heterocycles. The number of carbonyl (C=O) groups excluding carboxylic acids is 1. The van der Waals surface area contributed by atoms with Crippen molar-refractivity contribution < 1.29 is 9.53 Å². The highest BCUT2D eigenvalue weighted by Crippen LogP contribution is 2.19. The summed E-state index contributed by atoms with van der Waals surface area (Å²) in [6.45, 7) is 8.35. The molecule has 25 heavy (non-hydrogen) atoms. The predicted molar refractivity (Wildman–Crippen MR) is 99.5 cm³/mol. The van der Waals surface area contributed by atoms with Crippen LogP contribution in [0.25, 0.3) is 0 Å². The maximum Gasteiger partial charge on any atom is 0.234 e. The lowest BCUT2D eigenvalue weighted by molar-refractivity contribution is -0.124. The molecule has 2 fully saturated rings. The zero-order chi connectivity index (χ0) is 17.5. The van der Waals surface area contributed by atoms with Crippen LogP contribution in [0.4, 0.5) is 0 Å². The van der Waals surface area contributed by atoms with E-state index in [1.54, 1.807) is 0 Å². The minimum absolute atomic E-state index is 0.0520. The first-order valence-electron chi connectivity index (χ1n) is 9.61. The Morgan fingerprint density at radius 2 is 1.96 bits per heavy atom. The van der Waals surface area contributed by atoms with Crippen LogP contribution < -0.4 is 5.32 Å². The number of carbonyl (C=O) groups is 1. The Bertz CT molecular complexity index is 531. The van der Waals surface area contributed by atoms with Crippen LogP contribution in [0.3, 0.4) is 0 Å². The van der Waals surface area contributed by atoms with Crippen molar-refractivity contribution in [2.75, 3.05) is 45.9 Å². The molecule has 5 nitrogen and oxygen atoms in total. The maximum atomic E-state index is 12.5. The molecule has 0 saturated carbocycles. The Morgan fingerprint density at radius 3 is 2.72 bits per heavy atom. The third-order valence-electron chi connectivity index (χ3n) is 5.35. The smallest absolute Gasteiger partial charge is 0.234 e. The lowest BCUT2D eigenvalue weighted by atomic mass is 10.0.